The van der Waals surface area contributed by atoms with Crippen molar-refractivity contribution in [2.75, 3.05) is 13.1 Å². The first-order chi connectivity index (χ1) is 12.6. The van der Waals surface area contributed by atoms with E-state index in [0.29, 0.717) is 24.8 Å². The van der Waals surface area contributed by atoms with Crippen LogP contribution in [-0.4, -0.2) is 41.1 Å². The summed E-state index contributed by atoms with van der Waals surface area (Å²) in [5.74, 6) is 1.34. The minimum atomic E-state index is -3.61. The van der Waals surface area contributed by atoms with E-state index in [0.717, 1.165) is 30.4 Å². The van der Waals surface area contributed by atoms with E-state index < -0.39 is 15.8 Å². The molecule has 1 spiro atoms. The molecule has 4 rings (SSSR count). The molecule has 2 aromatic rings. The van der Waals surface area contributed by atoms with Crippen LogP contribution in [0.4, 0.5) is 0 Å². The predicted octanol–water partition coefficient (Wildman–Crippen LogP) is 1.74. The molecule has 9 heteroatoms. The van der Waals surface area contributed by atoms with Gasteiger partial charge in [-0.25, -0.2) is 5.14 Å². The van der Waals surface area contributed by atoms with Crippen molar-refractivity contribution >= 4 is 10.2 Å². The van der Waals surface area contributed by atoms with Crippen molar-refractivity contribution in [1.29, 1.82) is 0 Å². The van der Waals surface area contributed by atoms with Crippen molar-refractivity contribution in [3.63, 3.8) is 0 Å². The van der Waals surface area contributed by atoms with Crippen molar-refractivity contribution in [2.24, 2.45) is 10.6 Å². The van der Waals surface area contributed by atoms with Gasteiger partial charge < -0.3 is 9.63 Å². The molecule has 27 heavy (non-hydrogen) atoms. The van der Waals surface area contributed by atoms with E-state index in [1.54, 1.807) is 13.8 Å². The zero-order chi connectivity index (χ0) is 19.4. The molecule has 1 atom stereocenters. The summed E-state index contributed by atoms with van der Waals surface area (Å²) in [6.45, 7) is 4.36. The zero-order valence-electron chi connectivity index (χ0n) is 15.4. The molecule has 1 aromatic carbocycles. The number of nitrogens with two attached hydrogens (primary N) is 1. The molecule has 1 aliphatic heterocycles. The Morgan fingerprint density at radius 2 is 1.89 bits per heavy atom. The molecule has 2 aliphatic rings. The van der Waals surface area contributed by atoms with Crippen molar-refractivity contribution in [2.45, 2.75) is 44.6 Å². The second-order valence-electron chi connectivity index (χ2n) is 8.16. The van der Waals surface area contributed by atoms with Crippen molar-refractivity contribution < 1.29 is 18.0 Å². The SMILES string of the molecule is CC(C)(O)c1ccc(-c2nc([C@@H]3CC34CCN(S(N)(=O)=O)CC4)no2)cc1. The summed E-state index contributed by atoms with van der Waals surface area (Å²) < 4.78 is 29.7. The molecule has 2 fully saturated rings. The van der Waals surface area contributed by atoms with Crippen LogP contribution in [0.2, 0.25) is 0 Å². The molecule has 1 saturated heterocycles. The Kier molecular flexibility index (Phi) is 4.19. The Bertz CT molecular complexity index is 938. The van der Waals surface area contributed by atoms with Gasteiger partial charge in [0, 0.05) is 24.6 Å². The van der Waals surface area contributed by atoms with Crippen LogP contribution in [0.15, 0.2) is 28.8 Å². The molecule has 146 valence electrons. The smallest absolute Gasteiger partial charge is 0.276 e. The fraction of sp³-hybridized carbons (Fsp3) is 0.556. The molecule has 0 radical (unpaired) electrons. The van der Waals surface area contributed by atoms with E-state index in [1.165, 1.54) is 4.31 Å². The van der Waals surface area contributed by atoms with Crippen molar-refractivity contribution in [1.82, 2.24) is 14.4 Å². The average molecular weight is 392 g/mol. The lowest BCUT2D eigenvalue weighted by atomic mass is 9.92. The van der Waals surface area contributed by atoms with Gasteiger partial charge in [0.25, 0.3) is 16.1 Å². The van der Waals surface area contributed by atoms with Gasteiger partial charge in [0.05, 0.1) is 5.60 Å². The monoisotopic (exact) mass is 392 g/mol. The van der Waals surface area contributed by atoms with Gasteiger partial charge in [-0.05, 0) is 56.2 Å². The maximum absolute atomic E-state index is 11.5. The van der Waals surface area contributed by atoms with Crippen LogP contribution in [0.1, 0.15) is 50.4 Å². The van der Waals surface area contributed by atoms with Crippen LogP contribution < -0.4 is 5.14 Å². The molecule has 3 N–H and O–H groups in total. The molecule has 1 aromatic heterocycles. The lowest BCUT2D eigenvalue weighted by molar-refractivity contribution is 0.0786. The quantitative estimate of drug-likeness (QED) is 0.817. The van der Waals surface area contributed by atoms with E-state index in [1.807, 2.05) is 24.3 Å². The van der Waals surface area contributed by atoms with Crippen LogP contribution >= 0.6 is 0 Å². The Labute approximate surface area is 158 Å². The van der Waals surface area contributed by atoms with E-state index in [9.17, 15) is 13.5 Å². The lowest BCUT2D eigenvalue weighted by Gasteiger charge is -2.30. The standard InChI is InChI=1S/C18H24N4O4S/c1-17(2,23)13-5-3-12(4-6-13)16-20-15(21-26-16)14-11-18(14)7-9-22(10-8-18)27(19,24)25/h3-6,14,23H,7-11H2,1-2H3,(H2,19,24,25)/t14-/m0/s1. The number of hydrogen-bond donors (Lipinski definition) is 2. The fourth-order valence-electron chi connectivity index (χ4n) is 3.97. The van der Waals surface area contributed by atoms with Gasteiger partial charge in [-0.2, -0.15) is 17.7 Å². The number of benzene rings is 1. The highest BCUT2D eigenvalue weighted by atomic mass is 32.2. The van der Waals surface area contributed by atoms with Gasteiger partial charge in [0.15, 0.2) is 5.82 Å². The highest BCUT2D eigenvalue weighted by Crippen LogP contribution is 2.64. The van der Waals surface area contributed by atoms with E-state index in [-0.39, 0.29) is 11.3 Å². The summed E-state index contributed by atoms with van der Waals surface area (Å²) in [6, 6.07) is 7.41. The predicted molar refractivity (Wildman–Crippen MR) is 98.7 cm³/mol. The first-order valence-electron chi connectivity index (χ1n) is 9.03. The third-order valence-corrected chi connectivity index (χ3v) is 6.94. The van der Waals surface area contributed by atoms with E-state index >= 15 is 0 Å². The van der Waals surface area contributed by atoms with Gasteiger partial charge in [-0.1, -0.05) is 17.3 Å². The van der Waals surface area contributed by atoms with Gasteiger partial charge in [-0.15, -0.1) is 0 Å². The average Bonchev–Trinajstić information content (AvgIpc) is 3.06. The Morgan fingerprint density at radius 3 is 2.44 bits per heavy atom. The van der Waals surface area contributed by atoms with Crippen LogP contribution in [0.3, 0.4) is 0 Å². The maximum atomic E-state index is 11.5. The highest BCUT2D eigenvalue weighted by molar-refractivity contribution is 7.86. The molecule has 8 nitrogen and oxygen atoms in total. The van der Waals surface area contributed by atoms with Crippen LogP contribution in [-0.2, 0) is 15.8 Å². The summed E-state index contributed by atoms with van der Waals surface area (Å²) in [5.41, 5.74) is 0.784. The van der Waals surface area contributed by atoms with Gasteiger partial charge in [0.2, 0.25) is 0 Å². The minimum absolute atomic E-state index is 0.0626. The summed E-state index contributed by atoms with van der Waals surface area (Å²) in [7, 11) is -3.61. The molecule has 0 amide bonds. The normalized spacial score (nSPS) is 22.9. The van der Waals surface area contributed by atoms with Crippen LogP contribution in [0.25, 0.3) is 11.5 Å². The summed E-state index contributed by atoms with van der Waals surface area (Å²) in [4.78, 5) is 4.55. The third kappa shape index (κ3) is 3.52. The maximum Gasteiger partial charge on any atom is 0.276 e. The number of hydrogen-bond acceptors (Lipinski definition) is 6. The third-order valence-electron chi connectivity index (χ3n) is 5.86. The lowest BCUT2D eigenvalue weighted by Crippen LogP contribution is -2.43. The van der Waals surface area contributed by atoms with Gasteiger partial charge in [0.1, 0.15) is 0 Å². The molecule has 0 bridgehead atoms. The van der Waals surface area contributed by atoms with Crippen molar-refractivity contribution in [3.05, 3.63) is 35.7 Å². The minimum Gasteiger partial charge on any atom is -0.386 e. The topological polar surface area (TPSA) is 123 Å². The van der Waals surface area contributed by atoms with Crippen LogP contribution in [0.5, 0.6) is 0 Å². The molecule has 1 saturated carbocycles. The second kappa shape index (κ2) is 6.10. The summed E-state index contributed by atoms with van der Waals surface area (Å²) >= 11 is 0. The summed E-state index contributed by atoms with van der Waals surface area (Å²) in [6.07, 6.45) is 2.47. The Balaban J connectivity index is 1.46. The molecular formula is C18H24N4O4S. The largest absolute Gasteiger partial charge is 0.386 e. The first-order valence-corrected chi connectivity index (χ1v) is 10.5. The zero-order valence-corrected chi connectivity index (χ0v) is 16.2. The van der Waals surface area contributed by atoms with Gasteiger partial charge >= 0.3 is 0 Å². The van der Waals surface area contributed by atoms with E-state index in [2.05, 4.69) is 10.1 Å². The van der Waals surface area contributed by atoms with Crippen LogP contribution in [0, 0.1) is 5.41 Å². The first kappa shape index (κ1) is 18.5. The fourth-order valence-corrected chi connectivity index (χ4v) is 4.66. The number of rotatable bonds is 4. The molecule has 2 heterocycles. The summed E-state index contributed by atoms with van der Waals surface area (Å²) in [5, 5.41) is 19.4. The highest BCUT2D eigenvalue weighted by Gasteiger charge is 2.58. The number of aliphatic hydroxyl groups is 1. The van der Waals surface area contributed by atoms with Crippen molar-refractivity contribution in [3.8, 4) is 11.5 Å². The number of piperidine rings is 1. The Hall–Kier alpha value is -1.81. The molecule has 0 unspecified atom stereocenters. The molecule has 1 aliphatic carbocycles. The number of nitrogens with zero attached hydrogens (tertiary/aromatic N) is 3. The molecular weight excluding hydrogens is 368 g/mol. The Morgan fingerprint density at radius 1 is 1.26 bits per heavy atom. The van der Waals surface area contributed by atoms with Gasteiger partial charge in [-0.3, -0.25) is 0 Å². The van der Waals surface area contributed by atoms with E-state index in [4.69, 9.17) is 9.66 Å². The number of aromatic nitrogens is 2. The second-order valence-corrected chi connectivity index (χ2v) is 9.70.